The molecule has 12 heteroatoms. The van der Waals surface area contributed by atoms with E-state index in [2.05, 4.69) is 25.5 Å². The van der Waals surface area contributed by atoms with Crippen LogP contribution in [-0.4, -0.2) is 55.7 Å². The van der Waals surface area contributed by atoms with Crippen LogP contribution in [-0.2, 0) is 18.9 Å². The van der Waals surface area contributed by atoms with Gasteiger partial charge in [0.05, 0.1) is 41.8 Å². The van der Waals surface area contributed by atoms with Crippen LogP contribution in [0.5, 0.6) is 17.2 Å². The summed E-state index contributed by atoms with van der Waals surface area (Å²) in [6.45, 7) is 4.79. The van der Waals surface area contributed by atoms with Crippen molar-refractivity contribution in [3.05, 3.63) is 92.9 Å². The van der Waals surface area contributed by atoms with Crippen LogP contribution in [0, 0.1) is 0 Å². The minimum Gasteiger partial charge on any atom is -0.494 e. The topological polar surface area (TPSA) is 112 Å². The Kier molecular flexibility index (Phi) is 7.39. The molecular weight excluding hydrogens is 602 g/mol. The number of piperidine rings is 1. The quantitative estimate of drug-likeness (QED) is 0.210. The van der Waals surface area contributed by atoms with Gasteiger partial charge in [-0.2, -0.15) is 0 Å². The first kappa shape index (κ1) is 28.6. The zero-order valence-electron chi connectivity index (χ0n) is 24.2. The van der Waals surface area contributed by atoms with Gasteiger partial charge in [-0.15, -0.1) is 11.3 Å². The zero-order chi connectivity index (χ0) is 30.4. The molecule has 1 atom stereocenters. The van der Waals surface area contributed by atoms with Gasteiger partial charge in [0.15, 0.2) is 11.5 Å². The number of nitrogens with zero attached hydrogens (tertiary/aromatic N) is 5. The van der Waals surface area contributed by atoms with Crippen molar-refractivity contribution in [3.8, 4) is 17.2 Å². The van der Waals surface area contributed by atoms with Gasteiger partial charge in [0.1, 0.15) is 22.8 Å². The number of hydrogen-bond donors (Lipinski definition) is 1. The number of aromatic carboxylic acids is 1. The summed E-state index contributed by atoms with van der Waals surface area (Å²) >= 11 is 7.61. The average Bonchev–Trinajstić information content (AvgIpc) is 3.75. The minimum atomic E-state index is -1.03. The molecule has 0 amide bonds. The molecule has 1 saturated heterocycles. The van der Waals surface area contributed by atoms with Crippen LogP contribution in [0.2, 0.25) is 5.02 Å². The fourth-order valence-corrected chi connectivity index (χ4v) is 6.81. The van der Waals surface area contributed by atoms with E-state index >= 15 is 0 Å². The Bertz CT molecular complexity index is 1840. The molecule has 0 radical (unpaired) electrons. The van der Waals surface area contributed by atoms with E-state index in [4.69, 9.17) is 30.8 Å². The summed E-state index contributed by atoms with van der Waals surface area (Å²) in [4.78, 5) is 29.0. The number of para-hydroxylation sites is 1. The van der Waals surface area contributed by atoms with Gasteiger partial charge in [-0.3, -0.25) is 14.9 Å². The number of imidazole rings is 1. The molecule has 7 rings (SSSR count). The lowest BCUT2D eigenvalue weighted by molar-refractivity contribution is -0.0722. The standard InChI is InChI=1S/C32H30ClN5O5S/c1-32(27-7-6-21(33)14-35-27)42-25-5-3-4-23(30(25)43-32)19-8-10-37(11-9-19)17-28-36-29-24(38(28)16-22-15-34-18-44-22)12-20(31(39)40)13-26(29)41-2/h3-7,12-15,18-19H,8-11,16-17H2,1-2H3,(H,39,40)/t32-/m0/s1. The first-order valence-corrected chi connectivity index (χ1v) is 15.6. The number of benzene rings is 2. The number of pyridine rings is 1. The molecule has 0 bridgehead atoms. The molecule has 226 valence electrons. The number of thiazole rings is 1. The molecule has 5 heterocycles. The van der Waals surface area contributed by atoms with Crippen LogP contribution < -0.4 is 14.2 Å². The summed E-state index contributed by atoms with van der Waals surface area (Å²) in [6, 6.07) is 12.9. The molecular formula is C32H30ClN5O5S. The number of carbonyl (C=O) groups is 1. The first-order valence-electron chi connectivity index (χ1n) is 14.3. The highest BCUT2D eigenvalue weighted by atomic mass is 35.5. The number of methoxy groups -OCH3 is 1. The van der Waals surface area contributed by atoms with Gasteiger partial charge >= 0.3 is 5.97 Å². The second kappa shape index (κ2) is 11.4. The van der Waals surface area contributed by atoms with E-state index in [0.29, 0.717) is 41.0 Å². The third kappa shape index (κ3) is 5.25. The van der Waals surface area contributed by atoms with Crippen LogP contribution in [0.3, 0.4) is 0 Å². The van der Waals surface area contributed by atoms with Crippen molar-refractivity contribution in [3.63, 3.8) is 0 Å². The maximum Gasteiger partial charge on any atom is 0.335 e. The molecule has 0 aliphatic carbocycles. The maximum atomic E-state index is 11.9. The molecule has 5 aromatic rings. The molecule has 2 aromatic carbocycles. The Morgan fingerprint density at radius 3 is 2.70 bits per heavy atom. The number of ether oxygens (including phenoxy) is 3. The van der Waals surface area contributed by atoms with E-state index in [9.17, 15) is 9.90 Å². The van der Waals surface area contributed by atoms with Crippen LogP contribution in [0.4, 0.5) is 0 Å². The number of aromatic nitrogens is 4. The predicted octanol–water partition coefficient (Wildman–Crippen LogP) is 6.32. The summed E-state index contributed by atoms with van der Waals surface area (Å²) < 4.78 is 20.4. The Balaban J connectivity index is 1.11. The molecule has 2 aliphatic rings. The number of halogens is 1. The van der Waals surface area contributed by atoms with E-state index in [0.717, 1.165) is 59.2 Å². The van der Waals surface area contributed by atoms with Gasteiger partial charge < -0.3 is 23.9 Å². The summed E-state index contributed by atoms with van der Waals surface area (Å²) in [6.07, 6.45) is 5.32. The van der Waals surface area contributed by atoms with Crippen molar-refractivity contribution in [1.29, 1.82) is 0 Å². The van der Waals surface area contributed by atoms with Crippen molar-refractivity contribution >= 4 is 39.9 Å². The summed E-state index contributed by atoms with van der Waals surface area (Å²) in [5, 5.41) is 10.3. The van der Waals surface area contributed by atoms with E-state index in [1.54, 1.807) is 35.2 Å². The highest BCUT2D eigenvalue weighted by molar-refractivity contribution is 7.09. The monoisotopic (exact) mass is 631 g/mol. The van der Waals surface area contributed by atoms with E-state index in [1.807, 2.05) is 31.3 Å². The van der Waals surface area contributed by atoms with Crippen LogP contribution in [0.15, 0.2) is 60.4 Å². The molecule has 1 N–H and O–H groups in total. The molecule has 0 spiro atoms. The Morgan fingerprint density at radius 2 is 2.00 bits per heavy atom. The van der Waals surface area contributed by atoms with Gasteiger partial charge in [-0.1, -0.05) is 23.7 Å². The number of rotatable bonds is 8. The minimum absolute atomic E-state index is 0.164. The number of carboxylic acid groups (broad SMARTS) is 1. The van der Waals surface area contributed by atoms with Crippen molar-refractivity contribution in [1.82, 2.24) is 24.4 Å². The van der Waals surface area contributed by atoms with Gasteiger partial charge in [0.25, 0.3) is 5.79 Å². The first-order chi connectivity index (χ1) is 21.3. The fourth-order valence-electron chi connectivity index (χ4n) is 6.11. The van der Waals surface area contributed by atoms with Gasteiger partial charge in [0, 0.05) is 29.8 Å². The average molecular weight is 632 g/mol. The van der Waals surface area contributed by atoms with Crippen molar-refractivity contribution in [2.45, 2.75) is 44.6 Å². The Labute approximate surface area is 262 Å². The van der Waals surface area contributed by atoms with E-state index < -0.39 is 11.8 Å². The van der Waals surface area contributed by atoms with Gasteiger partial charge in [-0.25, -0.2) is 9.78 Å². The second-order valence-electron chi connectivity index (χ2n) is 11.2. The molecule has 0 unspecified atom stereocenters. The summed E-state index contributed by atoms with van der Waals surface area (Å²) in [5.74, 6) is 1.07. The highest BCUT2D eigenvalue weighted by Crippen LogP contribution is 2.49. The number of likely N-dealkylation sites (tertiary alicyclic amines) is 1. The van der Waals surface area contributed by atoms with E-state index in [1.165, 1.54) is 13.2 Å². The summed E-state index contributed by atoms with van der Waals surface area (Å²) in [5.41, 5.74) is 5.15. The maximum absolute atomic E-state index is 11.9. The van der Waals surface area contributed by atoms with Crippen molar-refractivity contribution in [2.75, 3.05) is 20.2 Å². The lowest BCUT2D eigenvalue weighted by Crippen LogP contribution is -2.34. The summed E-state index contributed by atoms with van der Waals surface area (Å²) in [7, 11) is 1.54. The third-order valence-corrected chi connectivity index (χ3v) is 9.35. The highest BCUT2D eigenvalue weighted by Gasteiger charge is 2.42. The lowest BCUT2D eigenvalue weighted by Gasteiger charge is -2.32. The van der Waals surface area contributed by atoms with Crippen molar-refractivity contribution < 1.29 is 24.1 Å². The number of hydrogen-bond acceptors (Lipinski definition) is 9. The van der Waals surface area contributed by atoms with Gasteiger partial charge in [-0.05, 0) is 62.2 Å². The number of carboxylic acids is 1. The molecule has 1 fully saturated rings. The van der Waals surface area contributed by atoms with Gasteiger partial charge in [0.2, 0.25) is 0 Å². The molecule has 3 aromatic heterocycles. The van der Waals surface area contributed by atoms with E-state index in [-0.39, 0.29) is 5.56 Å². The fraction of sp³-hybridized carbons (Fsp3) is 0.312. The Hall–Kier alpha value is -4.19. The Morgan fingerprint density at radius 1 is 1.16 bits per heavy atom. The SMILES string of the molecule is COc1cc(C(=O)O)cc2c1nc(CN1CCC(c3cccc4c3O[C@@](C)(c3ccc(Cl)cn3)O4)CC1)n2Cc1cncs1. The lowest BCUT2D eigenvalue weighted by atomic mass is 9.88. The van der Waals surface area contributed by atoms with Crippen LogP contribution in [0.25, 0.3) is 11.0 Å². The molecule has 44 heavy (non-hydrogen) atoms. The molecule has 10 nitrogen and oxygen atoms in total. The predicted molar refractivity (Wildman–Crippen MR) is 166 cm³/mol. The van der Waals surface area contributed by atoms with Crippen LogP contribution >= 0.6 is 22.9 Å². The normalized spacial score (nSPS) is 18.6. The molecule has 0 saturated carbocycles. The third-order valence-electron chi connectivity index (χ3n) is 8.36. The smallest absolute Gasteiger partial charge is 0.335 e. The zero-order valence-corrected chi connectivity index (χ0v) is 25.8. The van der Waals surface area contributed by atoms with Crippen molar-refractivity contribution in [2.24, 2.45) is 0 Å². The van der Waals surface area contributed by atoms with Crippen LogP contribution in [0.1, 0.15) is 58.0 Å². The number of fused-ring (bicyclic) bond motifs is 2. The second-order valence-corrected chi connectivity index (χ2v) is 12.6. The molecule has 2 aliphatic heterocycles. The largest absolute Gasteiger partial charge is 0.494 e.